The van der Waals surface area contributed by atoms with Crippen LogP contribution in [0.1, 0.15) is 30.1 Å². The van der Waals surface area contributed by atoms with Gasteiger partial charge in [0, 0.05) is 29.0 Å². The third-order valence-electron chi connectivity index (χ3n) is 4.72. The van der Waals surface area contributed by atoms with Crippen LogP contribution in [-0.2, 0) is 0 Å². The van der Waals surface area contributed by atoms with E-state index in [1.807, 2.05) is 0 Å². The summed E-state index contributed by atoms with van der Waals surface area (Å²) in [5.41, 5.74) is 0.614. The van der Waals surface area contributed by atoms with E-state index in [0.29, 0.717) is 28.1 Å². The molecule has 1 N–H and O–H groups in total. The molecule has 0 radical (unpaired) electrons. The number of hydrogen-bond donors (Lipinski definition) is 2. The zero-order valence-electron chi connectivity index (χ0n) is 18.5. The van der Waals surface area contributed by atoms with Gasteiger partial charge in [-0.2, -0.15) is 12.6 Å². The minimum absolute atomic E-state index is 0.0503. The first kappa shape index (κ1) is 30.2. The molecule has 0 saturated carbocycles. The van der Waals surface area contributed by atoms with Gasteiger partial charge in [0.2, 0.25) is 0 Å². The summed E-state index contributed by atoms with van der Waals surface area (Å²) in [4.78, 5) is 15.6. The van der Waals surface area contributed by atoms with Gasteiger partial charge in [0.1, 0.15) is 0 Å². The summed E-state index contributed by atoms with van der Waals surface area (Å²) in [5, 5.41) is 4.72. The first-order valence-corrected chi connectivity index (χ1v) is 13.3. The maximum Gasteiger partial charge on any atom is 0.252 e. The number of rotatable bonds is 8. The van der Waals surface area contributed by atoms with E-state index in [1.54, 1.807) is 24.5 Å². The number of thiol groups is 1. The van der Waals surface area contributed by atoms with Crippen LogP contribution in [0.5, 0.6) is 11.5 Å². The van der Waals surface area contributed by atoms with Crippen LogP contribution in [0.15, 0.2) is 48.8 Å². The average molecular weight is 615 g/mol. The topological polar surface area (TPSA) is 51.2 Å². The number of ether oxygens (including phenoxy) is 1. The molecule has 3 rings (SSSR count). The van der Waals surface area contributed by atoms with Gasteiger partial charge in [-0.05, 0) is 54.5 Å². The van der Waals surface area contributed by atoms with E-state index < -0.39 is 0 Å². The number of hydrogen-bond acceptors (Lipinski definition) is 4. The lowest BCUT2D eigenvalue weighted by atomic mass is 10.0. The van der Waals surface area contributed by atoms with Crippen LogP contribution < -0.4 is 10.1 Å². The summed E-state index contributed by atoms with van der Waals surface area (Å²) < 4.78 is 5.57. The average Bonchev–Trinajstić information content (AvgIpc) is 2.81. The molecule has 188 valence electrons. The summed E-state index contributed by atoms with van der Waals surface area (Å²) in [5.74, 6) is 1.77. The molecule has 2 aromatic carbocycles. The molecule has 0 bridgehead atoms. The third-order valence-corrected chi connectivity index (χ3v) is 6.54. The normalized spacial score (nSPS) is 11.3. The summed E-state index contributed by atoms with van der Waals surface area (Å²) in [6, 6.07) is 9.54. The molecule has 1 atom stereocenters. The van der Waals surface area contributed by atoms with Crippen molar-refractivity contribution in [2.45, 2.75) is 19.8 Å². The van der Waals surface area contributed by atoms with E-state index in [-0.39, 0.29) is 37.5 Å². The van der Waals surface area contributed by atoms with Crippen LogP contribution in [0, 0.1) is 5.92 Å². The number of amides is 1. The standard InChI is InChI=1S/C12H4Cl6O.C12H18N2OS/c13-5-1-7(15)11(8(16)2-5)19-12-9(17)3-6(14)4-10(12)18;1-2-10(5-7-16)8-14-12(15)11-4-3-6-13-9-11/h1-4H;3-4,6,9-10,16H,2,5,7-8H2,1H3,(H,14,15). The predicted molar refractivity (Wildman–Crippen MR) is 152 cm³/mol. The predicted octanol–water partition coefficient (Wildman–Crippen LogP) is 9.56. The quantitative estimate of drug-likeness (QED) is 0.248. The monoisotopic (exact) mass is 612 g/mol. The van der Waals surface area contributed by atoms with Crippen molar-refractivity contribution in [1.29, 1.82) is 0 Å². The number of carbonyl (C=O) groups excluding carboxylic acids is 1. The molecule has 0 aliphatic heterocycles. The number of aromatic nitrogens is 1. The lowest BCUT2D eigenvalue weighted by Gasteiger charge is -2.14. The van der Waals surface area contributed by atoms with E-state index in [4.69, 9.17) is 74.3 Å². The SMILES string of the molecule is CCC(CCS)CNC(=O)c1cccnc1.Clc1cc(Cl)c(Oc2c(Cl)cc(Cl)cc2Cl)c(Cl)c1. The molecule has 3 aromatic rings. The molecule has 0 fully saturated rings. The zero-order valence-corrected chi connectivity index (χ0v) is 23.9. The highest BCUT2D eigenvalue weighted by atomic mass is 35.5. The molecule has 0 saturated heterocycles. The van der Waals surface area contributed by atoms with Crippen molar-refractivity contribution in [2.75, 3.05) is 12.3 Å². The Bertz CT molecular complexity index is 1030. The summed E-state index contributed by atoms with van der Waals surface area (Å²) in [6.45, 7) is 2.84. The van der Waals surface area contributed by atoms with Crippen LogP contribution in [0.2, 0.25) is 30.1 Å². The fourth-order valence-electron chi connectivity index (χ4n) is 2.82. The molecule has 1 unspecified atom stereocenters. The van der Waals surface area contributed by atoms with E-state index in [2.05, 4.69) is 29.9 Å². The second-order valence-electron chi connectivity index (χ2n) is 7.24. The molecule has 11 heteroatoms. The number of nitrogens with zero attached hydrogens (tertiary/aromatic N) is 1. The molecule has 0 spiro atoms. The minimum atomic E-state index is -0.0503. The van der Waals surface area contributed by atoms with Gasteiger partial charge in [0.05, 0.1) is 25.7 Å². The second-order valence-corrected chi connectivity index (χ2v) is 10.2. The Morgan fingerprint density at radius 2 is 1.49 bits per heavy atom. The van der Waals surface area contributed by atoms with Crippen molar-refractivity contribution in [3.8, 4) is 11.5 Å². The molecule has 1 amide bonds. The van der Waals surface area contributed by atoms with E-state index in [1.165, 1.54) is 24.3 Å². The number of nitrogens with one attached hydrogen (secondary N) is 1. The highest BCUT2D eigenvalue weighted by molar-refractivity contribution is 7.80. The molecular formula is C24H22Cl6N2O2S. The zero-order chi connectivity index (χ0) is 26.0. The van der Waals surface area contributed by atoms with Gasteiger partial charge in [-0.3, -0.25) is 9.78 Å². The van der Waals surface area contributed by atoms with Crippen molar-refractivity contribution in [3.63, 3.8) is 0 Å². The highest BCUT2D eigenvalue weighted by Gasteiger charge is 2.15. The first-order valence-electron chi connectivity index (χ1n) is 10.4. The fourth-order valence-corrected chi connectivity index (χ4v) is 4.98. The Kier molecular flexibility index (Phi) is 13.2. The van der Waals surface area contributed by atoms with E-state index >= 15 is 0 Å². The summed E-state index contributed by atoms with van der Waals surface area (Å²) in [7, 11) is 0. The molecule has 0 aliphatic carbocycles. The van der Waals surface area contributed by atoms with E-state index in [9.17, 15) is 4.79 Å². The summed E-state index contributed by atoms with van der Waals surface area (Å²) in [6.07, 6.45) is 5.34. The maximum absolute atomic E-state index is 11.7. The van der Waals surface area contributed by atoms with Crippen molar-refractivity contribution in [3.05, 3.63) is 84.5 Å². The van der Waals surface area contributed by atoms with E-state index in [0.717, 1.165) is 18.6 Å². The van der Waals surface area contributed by atoms with Gasteiger partial charge in [-0.1, -0.05) is 83.0 Å². The van der Waals surface area contributed by atoms with Gasteiger partial charge in [0.15, 0.2) is 11.5 Å². The number of pyridine rings is 1. The van der Waals surface area contributed by atoms with Crippen molar-refractivity contribution in [1.82, 2.24) is 10.3 Å². The Morgan fingerprint density at radius 3 is 1.89 bits per heavy atom. The summed E-state index contributed by atoms with van der Waals surface area (Å²) >= 11 is 39.9. The number of carbonyl (C=O) groups is 1. The Hall–Kier alpha value is -1.05. The third kappa shape index (κ3) is 9.73. The van der Waals surface area contributed by atoms with Gasteiger partial charge in [-0.25, -0.2) is 0 Å². The Labute approximate surface area is 240 Å². The Balaban J connectivity index is 0.000000251. The number of benzene rings is 2. The second kappa shape index (κ2) is 15.3. The van der Waals surface area contributed by atoms with Crippen LogP contribution >= 0.6 is 82.2 Å². The molecule has 0 aliphatic rings. The van der Waals surface area contributed by atoms with Gasteiger partial charge < -0.3 is 10.1 Å². The van der Waals surface area contributed by atoms with Crippen molar-refractivity contribution >= 4 is 88.1 Å². The van der Waals surface area contributed by atoms with Gasteiger partial charge in [0.25, 0.3) is 5.91 Å². The van der Waals surface area contributed by atoms with Crippen molar-refractivity contribution < 1.29 is 9.53 Å². The molecule has 1 aromatic heterocycles. The lowest BCUT2D eigenvalue weighted by molar-refractivity contribution is 0.0946. The van der Waals surface area contributed by atoms with Crippen molar-refractivity contribution in [2.24, 2.45) is 5.92 Å². The van der Waals surface area contributed by atoms with Gasteiger partial charge in [-0.15, -0.1) is 0 Å². The largest absolute Gasteiger partial charge is 0.451 e. The molecular weight excluding hydrogens is 593 g/mol. The molecule has 4 nitrogen and oxygen atoms in total. The fraction of sp³-hybridized carbons (Fsp3) is 0.250. The first-order chi connectivity index (χ1) is 16.7. The van der Waals surface area contributed by atoms with Gasteiger partial charge >= 0.3 is 0 Å². The minimum Gasteiger partial charge on any atom is -0.451 e. The number of halogens is 6. The molecule has 35 heavy (non-hydrogen) atoms. The molecule has 1 heterocycles. The van der Waals surface area contributed by atoms with Crippen LogP contribution in [0.3, 0.4) is 0 Å². The van der Waals surface area contributed by atoms with Crippen LogP contribution in [0.4, 0.5) is 0 Å². The maximum atomic E-state index is 11.7. The lowest BCUT2D eigenvalue weighted by Crippen LogP contribution is -2.29. The highest BCUT2D eigenvalue weighted by Crippen LogP contribution is 2.44. The van der Waals surface area contributed by atoms with Crippen LogP contribution in [-0.4, -0.2) is 23.2 Å². The smallest absolute Gasteiger partial charge is 0.252 e. The van der Waals surface area contributed by atoms with Crippen LogP contribution in [0.25, 0.3) is 0 Å². The Morgan fingerprint density at radius 1 is 0.971 bits per heavy atom.